The molecule has 0 bridgehead atoms. The Morgan fingerprint density at radius 3 is 2.89 bits per heavy atom. The van der Waals surface area contributed by atoms with E-state index >= 15 is 0 Å². The van der Waals surface area contributed by atoms with E-state index in [-0.39, 0.29) is 0 Å². The Bertz CT molecular complexity index is 438. The first-order valence-electron chi connectivity index (χ1n) is 6.29. The smallest absolute Gasteiger partial charge is 0.142 e. The number of hydrogen-bond acceptors (Lipinski definition) is 3. The molecular formula is C15H20ClNO2. The molecule has 0 radical (unpaired) electrons. The maximum atomic E-state index is 6.17. The molecule has 104 valence electrons. The molecule has 0 aromatic heterocycles. The molecule has 0 aliphatic heterocycles. The van der Waals surface area contributed by atoms with Crippen molar-refractivity contribution in [3.63, 3.8) is 0 Å². The second-order valence-corrected chi connectivity index (χ2v) is 4.33. The summed E-state index contributed by atoms with van der Waals surface area (Å²) in [6.45, 7) is 4.56. The van der Waals surface area contributed by atoms with Gasteiger partial charge in [-0.25, -0.2) is 0 Å². The summed E-state index contributed by atoms with van der Waals surface area (Å²) < 4.78 is 10.7. The van der Waals surface area contributed by atoms with Crippen LogP contribution in [-0.4, -0.2) is 26.9 Å². The quantitative estimate of drug-likeness (QED) is 0.587. The van der Waals surface area contributed by atoms with Crippen LogP contribution < -0.4 is 10.1 Å². The third-order valence-corrected chi connectivity index (χ3v) is 2.79. The van der Waals surface area contributed by atoms with Crippen LogP contribution >= 0.6 is 11.6 Å². The van der Waals surface area contributed by atoms with Gasteiger partial charge in [0.15, 0.2) is 0 Å². The molecule has 0 aliphatic carbocycles. The van der Waals surface area contributed by atoms with Gasteiger partial charge in [0.05, 0.1) is 18.2 Å². The van der Waals surface area contributed by atoms with Gasteiger partial charge in [-0.2, -0.15) is 0 Å². The predicted molar refractivity (Wildman–Crippen MR) is 78.6 cm³/mol. The maximum absolute atomic E-state index is 6.17. The van der Waals surface area contributed by atoms with Gasteiger partial charge in [0.2, 0.25) is 0 Å². The summed E-state index contributed by atoms with van der Waals surface area (Å²) in [6.07, 6.45) is 0.707. The Balaban J connectivity index is 2.57. The second kappa shape index (κ2) is 9.69. The average Bonchev–Trinajstić information content (AvgIpc) is 2.42. The van der Waals surface area contributed by atoms with Crippen LogP contribution in [0.5, 0.6) is 5.75 Å². The molecule has 0 aliphatic rings. The molecule has 4 heteroatoms. The van der Waals surface area contributed by atoms with Crippen LogP contribution in [0, 0.1) is 11.8 Å². The number of hydrogen-bond donors (Lipinski definition) is 1. The third kappa shape index (κ3) is 5.98. The van der Waals surface area contributed by atoms with Gasteiger partial charge in [-0.1, -0.05) is 23.7 Å². The van der Waals surface area contributed by atoms with E-state index in [1.807, 2.05) is 25.1 Å². The molecule has 0 saturated carbocycles. The Labute approximate surface area is 120 Å². The molecule has 0 saturated heterocycles. The van der Waals surface area contributed by atoms with Crippen LogP contribution in [0.25, 0.3) is 0 Å². The molecule has 0 unspecified atom stereocenters. The number of para-hydroxylation sites is 1. The third-order valence-electron chi connectivity index (χ3n) is 2.50. The lowest BCUT2D eigenvalue weighted by Gasteiger charge is -2.13. The van der Waals surface area contributed by atoms with E-state index in [0.717, 1.165) is 17.9 Å². The first-order chi connectivity index (χ1) is 9.29. The van der Waals surface area contributed by atoms with E-state index in [1.165, 1.54) is 0 Å². The van der Waals surface area contributed by atoms with E-state index in [2.05, 4.69) is 17.2 Å². The van der Waals surface area contributed by atoms with Gasteiger partial charge in [-0.15, -0.1) is 11.8 Å². The summed E-state index contributed by atoms with van der Waals surface area (Å²) in [5, 5.41) is 3.91. The van der Waals surface area contributed by atoms with Gasteiger partial charge in [0.1, 0.15) is 5.75 Å². The highest BCUT2D eigenvalue weighted by Gasteiger charge is 2.07. The molecule has 19 heavy (non-hydrogen) atoms. The summed E-state index contributed by atoms with van der Waals surface area (Å²) >= 11 is 6.17. The highest BCUT2D eigenvalue weighted by atomic mass is 35.5. The molecule has 1 N–H and O–H groups in total. The van der Waals surface area contributed by atoms with Crippen LogP contribution in [0.1, 0.15) is 18.9 Å². The van der Waals surface area contributed by atoms with Crippen LogP contribution in [0.3, 0.4) is 0 Å². The highest BCUT2D eigenvalue weighted by molar-refractivity contribution is 6.32. The molecule has 1 aromatic carbocycles. The van der Waals surface area contributed by atoms with Crippen molar-refractivity contribution in [2.75, 3.05) is 26.9 Å². The van der Waals surface area contributed by atoms with Crippen molar-refractivity contribution in [1.82, 2.24) is 5.32 Å². The Morgan fingerprint density at radius 2 is 2.16 bits per heavy atom. The van der Waals surface area contributed by atoms with Gasteiger partial charge in [-0.05, 0) is 13.0 Å². The van der Waals surface area contributed by atoms with Crippen molar-refractivity contribution < 1.29 is 9.47 Å². The van der Waals surface area contributed by atoms with Gasteiger partial charge in [0.25, 0.3) is 0 Å². The van der Waals surface area contributed by atoms with E-state index in [0.29, 0.717) is 31.2 Å². The summed E-state index contributed by atoms with van der Waals surface area (Å²) in [7, 11) is 1.68. The first-order valence-corrected chi connectivity index (χ1v) is 6.66. The fourth-order valence-corrected chi connectivity index (χ4v) is 1.83. The minimum absolute atomic E-state index is 0.551. The lowest BCUT2D eigenvalue weighted by atomic mass is 10.2. The number of methoxy groups -OCH3 is 1. The van der Waals surface area contributed by atoms with Crippen LogP contribution in [-0.2, 0) is 11.3 Å². The second-order valence-electron chi connectivity index (χ2n) is 3.92. The SMILES string of the molecule is CC#CCCOc1c(Cl)cccc1CNCCOC. The molecule has 0 amide bonds. The van der Waals surface area contributed by atoms with E-state index in [1.54, 1.807) is 7.11 Å². The average molecular weight is 282 g/mol. The number of nitrogens with one attached hydrogen (secondary N) is 1. The molecule has 0 spiro atoms. The van der Waals surface area contributed by atoms with Crippen molar-refractivity contribution in [1.29, 1.82) is 0 Å². The number of rotatable bonds is 8. The summed E-state index contributed by atoms with van der Waals surface area (Å²) in [4.78, 5) is 0. The van der Waals surface area contributed by atoms with E-state index in [4.69, 9.17) is 21.1 Å². The molecule has 0 heterocycles. The lowest BCUT2D eigenvalue weighted by molar-refractivity contribution is 0.199. The Morgan fingerprint density at radius 1 is 1.32 bits per heavy atom. The topological polar surface area (TPSA) is 30.5 Å². The zero-order valence-electron chi connectivity index (χ0n) is 11.5. The number of benzene rings is 1. The highest BCUT2D eigenvalue weighted by Crippen LogP contribution is 2.28. The fraction of sp³-hybridized carbons (Fsp3) is 0.467. The Kier molecular flexibility index (Phi) is 8.08. The molecular weight excluding hydrogens is 262 g/mol. The van der Waals surface area contributed by atoms with Gasteiger partial charge < -0.3 is 14.8 Å². The Hall–Kier alpha value is -1.21. The summed E-state index contributed by atoms with van der Waals surface area (Å²) in [5.41, 5.74) is 1.05. The van der Waals surface area contributed by atoms with Crippen molar-refractivity contribution in [3.05, 3.63) is 28.8 Å². The standard InChI is InChI=1S/C15H20ClNO2/c1-3-4-5-10-19-15-13(7-6-8-14(15)16)12-17-9-11-18-2/h6-8,17H,5,9-12H2,1-2H3. The van der Waals surface area contributed by atoms with Crippen LogP contribution in [0.4, 0.5) is 0 Å². The zero-order valence-corrected chi connectivity index (χ0v) is 12.2. The summed E-state index contributed by atoms with van der Waals surface area (Å²) in [6, 6.07) is 5.77. The largest absolute Gasteiger partial charge is 0.491 e. The molecule has 1 aromatic rings. The number of ether oxygens (including phenoxy) is 2. The molecule has 3 nitrogen and oxygen atoms in total. The maximum Gasteiger partial charge on any atom is 0.142 e. The van der Waals surface area contributed by atoms with Crippen molar-refractivity contribution in [3.8, 4) is 17.6 Å². The van der Waals surface area contributed by atoms with Crippen molar-refractivity contribution >= 4 is 11.6 Å². The van der Waals surface area contributed by atoms with Crippen LogP contribution in [0.15, 0.2) is 18.2 Å². The fourth-order valence-electron chi connectivity index (χ4n) is 1.58. The minimum Gasteiger partial charge on any atom is -0.491 e. The summed E-state index contributed by atoms with van der Waals surface area (Å²) in [5.74, 6) is 6.55. The molecule has 0 fully saturated rings. The number of halogens is 1. The lowest BCUT2D eigenvalue weighted by Crippen LogP contribution is -2.19. The minimum atomic E-state index is 0.551. The normalized spacial score (nSPS) is 9.84. The zero-order chi connectivity index (χ0) is 13.9. The van der Waals surface area contributed by atoms with Crippen LogP contribution in [0.2, 0.25) is 5.02 Å². The van der Waals surface area contributed by atoms with Gasteiger partial charge in [-0.3, -0.25) is 0 Å². The predicted octanol–water partition coefficient (Wildman–Crippen LogP) is 2.87. The molecule has 1 rings (SSSR count). The van der Waals surface area contributed by atoms with Gasteiger partial charge in [0, 0.05) is 32.2 Å². The van der Waals surface area contributed by atoms with E-state index < -0.39 is 0 Å². The van der Waals surface area contributed by atoms with Crippen molar-refractivity contribution in [2.45, 2.75) is 19.9 Å². The molecule has 0 atom stereocenters. The van der Waals surface area contributed by atoms with E-state index in [9.17, 15) is 0 Å². The monoisotopic (exact) mass is 281 g/mol. The van der Waals surface area contributed by atoms with Gasteiger partial charge >= 0.3 is 0 Å². The first kappa shape index (κ1) is 15.8. The van der Waals surface area contributed by atoms with Crippen molar-refractivity contribution in [2.24, 2.45) is 0 Å².